The van der Waals surface area contributed by atoms with E-state index in [0.717, 1.165) is 29.5 Å². The minimum absolute atomic E-state index is 0. The van der Waals surface area contributed by atoms with Crippen LogP contribution in [0.2, 0.25) is 0 Å². The molecule has 1 heterocycles. The van der Waals surface area contributed by atoms with E-state index in [9.17, 15) is 0 Å². The molecule has 1 aliphatic heterocycles. The number of halogens is 2. The minimum atomic E-state index is 0. The topological polar surface area (TPSA) is 110 Å². The highest BCUT2D eigenvalue weighted by molar-refractivity contribution is 5.85. The zero-order valence-electron chi connectivity index (χ0n) is 38.9. The molecule has 0 aromatic carbocycles. The van der Waals surface area contributed by atoms with Gasteiger partial charge in [-0.1, -0.05) is 25.9 Å². The van der Waals surface area contributed by atoms with Gasteiger partial charge in [-0.3, -0.25) is 0 Å². The van der Waals surface area contributed by atoms with Gasteiger partial charge in [0.2, 0.25) is 0 Å². The van der Waals surface area contributed by atoms with Gasteiger partial charge in [-0.2, -0.15) is 0 Å². The Morgan fingerprint density at radius 3 is 0.683 bits per heavy atom. The zero-order valence-corrected chi connectivity index (χ0v) is 40.5. The van der Waals surface area contributed by atoms with Crippen molar-refractivity contribution in [3.8, 4) is 0 Å². The summed E-state index contributed by atoms with van der Waals surface area (Å²) in [5.41, 5.74) is 18.7. The first-order valence-corrected chi connectivity index (χ1v) is 25.8. The fourth-order valence-corrected chi connectivity index (χ4v) is 22.3. The number of hydrogen-bond acceptors (Lipinski definition) is 4. The molecule has 22 fully saturated rings. The average Bonchev–Trinajstić information content (AvgIpc) is 3.85. The van der Waals surface area contributed by atoms with Gasteiger partial charge in [-0.15, -0.1) is 24.8 Å². The summed E-state index contributed by atoms with van der Waals surface area (Å²) in [5, 5.41) is 2.92. The molecule has 0 aromatic heterocycles. The Labute approximate surface area is 379 Å². The lowest BCUT2D eigenvalue weighted by Gasteiger charge is -2.72. The van der Waals surface area contributed by atoms with Gasteiger partial charge >= 0.3 is 0 Å². The van der Waals surface area contributed by atoms with E-state index in [2.05, 4.69) is 42.3 Å². The van der Waals surface area contributed by atoms with Gasteiger partial charge in [-0.25, -0.2) is 0 Å². The highest BCUT2D eigenvalue weighted by Gasteiger charge is 2.68. The van der Waals surface area contributed by atoms with Crippen LogP contribution in [0.15, 0.2) is 5.11 Å². The molecule has 342 valence electrons. The van der Waals surface area contributed by atoms with Crippen LogP contribution in [0.5, 0.6) is 0 Å². The van der Waals surface area contributed by atoms with Crippen LogP contribution in [0.4, 0.5) is 0 Å². The number of hydrogen-bond donors (Lipinski definition) is 2. The molecule has 22 rings (SSSR count). The van der Waals surface area contributed by atoms with Crippen molar-refractivity contribution in [1.82, 2.24) is 0 Å². The first-order chi connectivity index (χ1) is 28.1. The van der Waals surface area contributed by atoms with Gasteiger partial charge in [0.05, 0.1) is 0 Å². The normalized spacial score (nSPS) is 57.2. The van der Waals surface area contributed by atoms with E-state index < -0.39 is 0 Å². The monoisotopic (exact) mass is 870 g/mol. The van der Waals surface area contributed by atoms with Crippen LogP contribution in [0, 0.1) is 141 Å². The number of nitrogens with two attached hydrogens (primary N) is 2. The summed E-state index contributed by atoms with van der Waals surface area (Å²) in [5.74, 6) is 25.1. The Bertz CT molecular complexity index is 1200. The van der Waals surface area contributed by atoms with Crippen molar-refractivity contribution >= 4 is 24.8 Å². The maximum Gasteiger partial charge on any atom is 0.0466 e. The Hall–Kier alpha value is -0.230. The number of ether oxygens (including phenoxy) is 1. The summed E-state index contributed by atoms with van der Waals surface area (Å²) in [6, 6.07) is 0. The average molecular weight is 871 g/mol. The van der Waals surface area contributed by atoms with Crippen LogP contribution in [0.3, 0.4) is 0 Å². The molecule has 8 heteroatoms. The lowest BCUT2D eigenvalue weighted by atomic mass is 9.33. The van der Waals surface area contributed by atoms with E-state index in [0.29, 0.717) is 0 Å². The van der Waals surface area contributed by atoms with Crippen molar-refractivity contribution in [2.75, 3.05) is 34.4 Å². The predicted molar refractivity (Wildman–Crippen MR) is 251 cm³/mol. The van der Waals surface area contributed by atoms with Gasteiger partial charge in [0.25, 0.3) is 0 Å². The highest BCUT2D eigenvalue weighted by Crippen LogP contribution is 2.76. The quantitative estimate of drug-likeness (QED) is 0.144. The van der Waals surface area contributed by atoms with E-state index in [1.807, 2.05) is 0 Å². The summed E-state index contributed by atoms with van der Waals surface area (Å²) < 4.78 is 4.94. The molecule has 21 aliphatic carbocycles. The Balaban J connectivity index is 0.000000108. The van der Waals surface area contributed by atoms with Gasteiger partial charge in [0, 0.05) is 25.2 Å². The lowest BCUT2D eigenvalue weighted by Crippen LogP contribution is -2.64. The van der Waals surface area contributed by atoms with Crippen molar-refractivity contribution in [2.24, 2.45) is 157 Å². The molecule has 4 N–H and O–H groups in total. The predicted octanol–water partition coefficient (Wildman–Crippen LogP) is 12.9. The van der Waals surface area contributed by atoms with E-state index >= 15 is 0 Å². The summed E-state index contributed by atoms with van der Waals surface area (Å²) in [4.78, 5) is 2.36. The molecule has 22 aliphatic rings. The van der Waals surface area contributed by atoms with Crippen molar-refractivity contribution in [1.29, 1.82) is 0 Å². The van der Waals surface area contributed by atoms with Gasteiger partial charge in [0.1, 0.15) is 0 Å². The maximum atomic E-state index is 7.33. The van der Waals surface area contributed by atoms with E-state index in [-0.39, 0.29) is 24.8 Å². The van der Waals surface area contributed by atoms with Crippen molar-refractivity contribution in [3.63, 3.8) is 0 Å². The minimum Gasteiger partial charge on any atom is -0.381 e. The standard InChI is InChI=1S/3C15H22.C4H8O.CH3N3.2CH5N.2ClH/c3*1-15-5-12-9-2-8-3-10(12)14(7-15)11(4-8)13(9)6-15;1-2-4-5-3-1;1-3-4-2;2*1-2;;/h3*8-14H,2-7H2,1H3;1-4H2;1H3;2*2H2,1H3;2*1H. The van der Waals surface area contributed by atoms with E-state index in [4.69, 9.17) is 10.3 Å². The van der Waals surface area contributed by atoms with Crippen LogP contribution in [0.1, 0.15) is 149 Å². The molecule has 1 saturated heterocycles. The number of azide groups is 1. The van der Waals surface area contributed by atoms with Crippen LogP contribution in [0.25, 0.3) is 10.4 Å². The second-order valence-electron chi connectivity index (χ2n) is 25.5. The Morgan fingerprint density at radius 1 is 0.400 bits per heavy atom. The molecule has 0 atom stereocenters. The fraction of sp³-hybridized carbons (Fsp3) is 1.00. The van der Waals surface area contributed by atoms with Crippen LogP contribution in [-0.4, -0.2) is 34.4 Å². The summed E-state index contributed by atoms with van der Waals surface area (Å²) in [6.07, 6.45) is 31.9. The third-order valence-corrected chi connectivity index (χ3v) is 22.8. The van der Waals surface area contributed by atoms with Crippen molar-refractivity contribution in [3.05, 3.63) is 10.4 Å². The first kappa shape index (κ1) is 46.3. The smallest absolute Gasteiger partial charge is 0.0466 e. The molecule has 0 aromatic rings. The largest absolute Gasteiger partial charge is 0.381 e. The van der Waals surface area contributed by atoms with Crippen LogP contribution >= 0.6 is 24.8 Å². The molecule has 0 spiro atoms. The summed E-state index contributed by atoms with van der Waals surface area (Å²) in [6.45, 7) is 9.84. The van der Waals surface area contributed by atoms with Gasteiger partial charge in [-0.05, 0) is 289 Å². The third-order valence-electron chi connectivity index (χ3n) is 22.8. The second-order valence-corrected chi connectivity index (χ2v) is 25.5. The second kappa shape index (κ2) is 17.5. The molecule has 0 unspecified atom stereocenters. The highest BCUT2D eigenvalue weighted by atomic mass is 35.5. The SMILES string of the molecule is C1CCOC1.CC12CC3C4CC5CC3C(C1)C(C5)C4C2.CC12CC3C4CC5CC3C(C1)C(C5)C4C2.CC12CC3C4CC5CC3C(C1)C(C5)C4C2.CN.CN.CN=[N+]=[N-].Cl.Cl. The van der Waals surface area contributed by atoms with Gasteiger partial charge < -0.3 is 16.2 Å². The molecule has 24 bridgehead atoms. The molecule has 60 heavy (non-hydrogen) atoms. The first-order valence-electron chi connectivity index (χ1n) is 25.8. The molecule has 0 amide bonds. The maximum absolute atomic E-state index is 7.33. The molecular formula is C52H89Cl2N5O. The van der Waals surface area contributed by atoms with Gasteiger partial charge in [0.15, 0.2) is 0 Å². The van der Waals surface area contributed by atoms with Crippen LogP contribution in [-0.2, 0) is 4.74 Å². The lowest BCUT2D eigenvalue weighted by molar-refractivity contribution is -0.228. The molecule has 6 nitrogen and oxygen atoms in total. The summed E-state index contributed by atoms with van der Waals surface area (Å²) >= 11 is 0. The molecule has 21 saturated carbocycles. The number of nitrogens with zero attached hydrogens (tertiary/aromatic N) is 3. The number of rotatable bonds is 0. The van der Waals surface area contributed by atoms with Crippen molar-refractivity contribution < 1.29 is 4.74 Å². The molecular weight excluding hydrogens is 782 g/mol. The molecule has 0 radical (unpaired) electrons. The van der Waals surface area contributed by atoms with E-state index in [1.54, 1.807) is 116 Å². The summed E-state index contributed by atoms with van der Waals surface area (Å²) in [7, 11) is 4.39. The Morgan fingerprint density at radius 2 is 0.567 bits per heavy atom. The Kier molecular flexibility index (Phi) is 13.5. The van der Waals surface area contributed by atoms with Crippen LogP contribution < -0.4 is 11.5 Å². The fourth-order valence-electron chi connectivity index (χ4n) is 22.3. The van der Waals surface area contributed by atoms with Crippen molar-refractivity contribution in [2.45, 2.75) is 149 Å². The third kappa shape index (κ3) is 7.39. The zero-order chi connectivity index (χ0) is 40.3. The van der Waals surface area contributed by atoms with E-state index in [1.165, 1.54) is 158 Å².